The van der Waals surface area contributed by atoms with E-state index in [0.29, 0.717) is 11.3 Å². The van der Waals surface area contributed by atoms with E-state index in [4.69, 9.17) is 9.84 Å². The third kappa shape index (κ3) is 6.09. The van der Waals surface area contributed by atoms with Crippen molar-refractivity contribution in [3.63, 3.8) is 0 Å². The monoisotopic (exact) mass is 264 g/mol. The molecule has 7 heteroatoms. The van der Waals surface area contributed by atoms with Gasteiger partial charge in [0.2, 0.25) is 0 Å². The molecule has 0 aliphatic rings. The Morgan fingerprint density at radius 1 is 1.17 bits per heavy atom. The highest BCUT2D eigenvalue weighted by Gasteiger charge is 2.28. The molecule has 0 saturated heterocycles. The van der Waals surface area contributed by atoms with Crippen LogP contribution in [0.15, 0.2) is 24.3 Å². The molecule has 0 heterocycles. The molecule has 4 nitrogen and oxygen atoms in total. The summed E-state index contributed by atoms with van der Waals surface area (Å²) in [7, 11) is 0. The van der Waals surface area contributed by atoms with Crippen molar-refractivity contribution in [3.8, 4) is 5.75 Å². The van der Waals surface area contributed by atoms with Crippen LogP contribution in [0.1, 0.15) is 5.56 Å². The van der Waals surface area contributed by atoms with Crippen LogP contribution < -0.4 is 4.74 Å². The number of alkyl halides is 3. The molecule has 0 aliphatic heterocycles. The Kier molecular flexibility index (Phi) is 4.96. The van der Waals surface area contributed by atoms with Crippen molar-refractivity contribution in [2.75, 3.05) is 13.2 Å². The Morgan fingerprint density at radius 3 is 2.28 bits per heavy atom. The summed E-state index contributed by atoms with van der Waals surface area (Å²) in [4.78, 5) is 10.4. The van der Waals surface area contributed by atoms with Gasteiger partial charge in [0.05, 0.1) is 13.0 Å². The van der Waals surface area contributed by atoms with Crippen LogP contribution in [0.3, 0.4) is 0 Å². The van der Waals surface area contributed by atoms with Crippen LogP contribution in [-0.2, 0) is 16.0 Å². The molecule has 18 heavy (non-hydrogen) atoms. The number of hydrogen-bond donors (Lipinski definition) is 1. The Morgan fingerprint density at radius 2 is 1.78 bits per heavy atom. The van der Waals surface area contributed by atoms with Gasteiger partial charge in [-0.1, -0.05) is 12.1 Å². The van der Waals surface area contributed by atoms with E-state index >= 15 is 0 Å². The number of halogens is 3. The van der Waals surface area contributed by atoms with Gasteiger partial charge < -0.3 is 9.84 Å². The van der Waals surface area contributed by atoms with Crippen molar-refractivity contribution in [2.45, 2.75) is 12.8 Å². The molecule has 0 aliphatic carbocycles. The first-order chi connectivity index (χ1) is 8.37. The molecule has 0 bridgehead atoms. The third-order valence-corrected chi connectivity index (χ3v) is 1.90. The number of benzene rings is 1. The number of aliphatic carboxylic acids is 1. The largest absolute Gasteiger partial charge is 0.522 e. The van der Waals surface area contributed by atoms with Crippen LogP contribution in [0.2, 0.25) is 0 Å². The summed E-state index contributed by atoms with van der Waals surface area (Å²) in [5.41, 5.74) is 0.585. The summed E-state index contributed by atoms with van der Waals surface area (Å²) < 4.78 is 43.4. The molecule has 0 radical (unpaired) electrons. The number of carboxylic acid groups (broad SMARTS) is 1. The van der Waals surface area contributed by atoms with Gasteiger partial charge in [0.25, 0.3) is 0 Å². The summed E-state index contributed by atoms with van der Waals surface area (Å²) in [5, 5.41) is 8.53. The lowest BCUT2D eigenvalue weighted by atomic mass is 10.1. The predicted molar refractivity (Wildman–Crippen MR) is 55.3 cm³/mol. The first-order valence-electron chi connectivity index (χ1n) is 5.01. The van der Waals surface area contributed by atoms with Gasteiger partial charge >= 0.3 is 12.3 Å². The van der Waals surface area contributed by atoms with Gasteiger partial charge in [-0.25, -0.2) is 0 Å². The van der Waals surface area contributed by atoms with Gasteiger partial charge in [0, 0.05) is 0 Å². The van der Waals surface area contributed by atoms with Crippen LogP contribution >= 0.6 is 0 Å². The van der Waals surface area contributed by atoms with Crippen LogP contribution in [0.4, 0.5) is 13.2 Å². The molecular formula is C11H11F3O4. The lowest BCUT2D eigenvalue weighted by molar-refractivity contribution is -0.325. The Hall–Kier alpha value is -1.76. The first-order valence-corrected chi connectivity index (χ1v) is 5.01. The molecule has 0 atom stereocenters. The van der Waals surface area contributed by atoms with E-state index in [1.165, 1.54) is 24.3 Å². The highest BCUT2D eigenvalue weighted by molar-refractivity contribution is 5.70. The smallest absolute Gasteiger partial charge is 0.491 e. The number of ether oxygens (including phenoxy) is 2. The van der Waals surface area contributed by atoms with Crippen molar-refractivity contribution in [3.05, 3.63) is 29.8 Å². The van der Waals surface area contributed by atoms with Crippen LogP contribution in [-0.4, -0.2) is 30.7 Å². The Labute approximate surface area is 101 Å². The fourth-order valence-corrected chi connectivity index (χ4v) is 1.20. The van der Waals surface area contributed by atoms with Gasteiger partial charge in [-0.2, -0.15) is 0 Å². The molecule has 100 valence electrons. The number of rotatable bonds is 6. The zero-order valence-electron chi connectivity index (χ0n) is 9.24. The average molecular weight is 264 g/mol. The van der Waals surface area contributed by atoms with E-state index in [1.807, 2.05) is 0 Å². The third-order valence-electron chi connectivity index (χ3n) is 1.90. The maximum Gasteiger partial charge on any atom is 0.522 e. The summed E-state index contributed by atoms with van der Waals surface area (Å²) in [5.74, 6) is -0.600. The maximum atomic E-state index is 11.6. The fourth-order valence-electron chi connectivity index (χ4n) is 1.20. The van der Waals surface area contributed by atoms with Gasteiger partial charge in [0.15, 0.2) is 0 Å². The minimum absolute atomic E-state index is 0.114. The highest BCUT2D eigenvalue weighted by atomic mass is 19.4. The van der Waals surface area contributed by atoms with Crippen LogP contribution in [0, 0.1) is 0 Å². The number of carbonyl (C=O) groups is 1. The molecular weight excluding hydrogens is 253 g/mol. The lowest BCUT2D eigenvalue weighted by Crippen LogP contribution is -2.18. The van der Waals surface area contributed by atoms with Crippen LogP contribution in [0.25, 0.3) is 0 Å². The molecule has 0 saturated carbocycles. The van der Waals surface area contributed by atoms with Crippen molar-refractivity contribution < 1.29 is 32.5 Å². The summed E-state index contributed by atoms with van der Waals surface area (Å²) in [6.45, 7) is -0.835. The number of hydrogen-bond acceptors (Lipinski definition) is 3. The second-order valence-electron chi connectivity index (χ2n) is 3.36. The topological polar surface area (TPSA) is 55.8 Å². The van der Waals surface area contributed by atoms with Gasteiger partial charge in [-0.3, -0.25) is 9.53 Å². The standard InChI is InChI=1S/C11H11F3O4/c12-11(13,14)18-6-5-17-9-3-1-8(2-4-9)7-10(15)16/h1-4H,5-7H2,(H,15,16). The van der Waals surface area contributed by atoms with Gasteiger partial charge in [-0.15, -0.1) is 13.2 Å². The van der Waals surface area contributed by atoms with Crippen molar-refractivity contribution in [2.24, 2.45) is 0 Å². The van der Waals surface area contributed by atoms with Crippen LogP contribution in [0.5, 0.6) is 5.75 Å². The zero-order chi connectivity index (χ0) is 13.6. The van der Waals surface area contributed by atoms with Gasteiger partial charge in [-0.05, 0) is 17.7 Å². The van der Waals surface area contributed by atoms with Gasteiger partial charge in [0.1, 0.15) is 12.4 Å². The molecule has 1 N–H and O–H groups in total. The SMILES string of the molecule is O=C(O)Cc1ccc(OCCOC(F)(F)F)cc1. The highest BCUT2D eigenvalue weighted by Crippen LogP contribution is 2.16. The average Bonchev–Trinajstić information content (AvgIpc) is 2.24. The van der Waals surface area contributed by atoms with E-state index in [-0.39, 0.29) is 13.0 Å². The Bertz CT molecular complexity index is 386. The summed E-state index contributed by atoms with van der Waals surface area (Å²) in [6.07, 6.45) is -4.77. The fraction of sp³-hybridized carbons (Fsp3) is 0.364. The molecule has 1 rings (SSSR count). The molecule has 0 fully saturated rings. The minimum Gasteiger partial charge on any atom is -0.491 e. The van der Waals surface area contributed by atoms with E-state index in [2.05, 4.69) is 4.74 Å². The molecule has 0 amide bonds. The maximum absolute atomic E-state index is 11.6. The van der Waals surface area contributed by atoms with Crippen molar-refractivity contribution in [1.29, 1.82) is 0 Å². The molecule has 0 aromatic heterocycles. The molecule has 0 unspecified atom stereocenters. The molecule has 0 spiro atoms. The lowest BCUT2D eigenvalue weighted by Gasteiger charge is -2.09. The predicted octanol–water partition coefficient (Wildman–Crippen LogP) is 2.23. The summed E-state index contributed by atoms with van der Waals surface area (Å²) in [6, 6.07) is 6.06. The second kappa shape index (κ2) is 6.25. The van der Waals surface area contributed by atoms with E-state index in [1.54, 1.807) is 0 Å². The number of carboxylic acids is 1. The quantitative estimate of drug-likeness (QED) is 0.800. The molecule has 1 aromatic carbocycles. The van der Waals surface area contributed by atoms with Crippen molar-refractivity contribution in [1.82, 2.24) is 0 Å². The van der Waals surface area contributed by atoms with E-state index in [9.17, 15) is 18.0 Å². The summed E-state index contributed by atoms with van der Waals surface area (Å²) >= 11 is 0. The van der Waals surface area contributed by atoms with Crippen molar-refractivity contribution >= 4 is 5.97 Å². The van der Waals surface area contributed by atoms with E-state index in [0.717, 1.165) is 0 Å². The molecule has 1 aromatic rings. The first kappa shape index (κ1) is 14.3. The minimum atomic E-state index is -4.66. The second-order valence-corrected chi connectivity index (χ2v) is 3.36. The normalized spacial score (nSPS) is 11.3. The van der Waals surface area contributed by atoms with E-state index < -0.39 is 18.9 Å². The Balaban J connectivity index is 2.33. The zero-order valence-corrected chi connectivity index (χ0v) is 9.24.